The number of hydrogen-bond acceptors (Lipinski definition) is 5. The fourth-order valence-corrected chi connectivity index (χ4v) is 4.17. The molecule has 0 spiro atoms. The lowest BCUT2D eigenvalue weighted by Gasteiger charge is -2.26. The summed E-state index contributed by atoms with van der Waals surface area (Å²) in [5, 5.41) is 15.7. The first-order valence-corrected chi connectivity index (χ1v) is 10.5. The molecule has 0 atom stereocenters. The maximum atomic E-state index is 6.13. The van der Waals surface area contributed by atoms with Gasteiger partial charge in [-0.1, -0.05) is 12.5 Å². The highest BCUT2D eigenvalue weighted by molar-refractivity contribution is 5.95. The van der Waals surface area contributed by atoms with E-state index in [2.05, 4.69) is 48.5 Å². The normalized spacial score (nSPS) is 17.9. The highest BCUT2D eigenvalue weighted by atomic mass is 16.5. The van der Waals surface area contributed by atoms with Gasteiger partial charge in [0.05, 0.1) is 17.0 Å². The van der Waals surface area contributed by atoms with Crippen molar-refractivity contribution in [3.8, 4) is 11.4 Å². The molecule has 0 saturated carbocycles. The third kappa shape index (κ3) is 3.96. The minimum Gasteiger partial charge on any atom is -0.497 e. The summed E-state index contributed by atoms with van der Waals surface area (Å²) in [6.07, 6.45) is 11.8. The minimum absolute atomic E-state index is 0.758. The molecular formula is C22H26N6O. The smallest absolute Gasteiger partial charge is 0.155 e. The number of likely N-dealkylation sites (tertiary alicyclic amines) is 1. The molecule has 0 radical (unpaired) electrons. The Bertz CT molecular complexity index is 1030. The van der Waals surface area contributed by atoms with Crippen LogP contribution in [0.1, 0.15) is 37.8 Å². The Morgan fingerprint density at radius 1 is 1.10 bits per heavy atom. The molecule has 29 heavy (non-hydrogen) atoms. The molecule has 150 valence electrons. The van der Waals surface area contributed by atoms with Gasteiger partial charge in [-0.2, -0.15) is 10.2 Å². The fraction of sp³-hybridized carbons (Fsp3) is 0.409. The van der Waals surface area contributed by atoms with Crippen LogP contribution in [0.5, 0.6) is 0 Å². The molecular weight excluding hydrogens is 364 g/mol. The van der Waals surface area contributed by atoms with Crippen LogP contribution in [0, 0.1) is 0 Å². The summed E-state index contributed by atoms with van der Waals surface area (Å²) < 4.78 is 6.13. The number of hydrogen-bond donors (Lipinski definition) is 2. The number of ether oxygens (including phenoxy) is 1. The first-order valence-electron chi connectivity index (χ1n) is 10.5. The number of rotatable bonds is 6. The molecule has 0 unspecified atom stereocenters. The van der Waals surface area contributed by atoms with Gasteiger partial charge in [0.15, 0.2) is 5.82 Å². The Hall–Kier alpha value is -2.93. The van der Waals surface area contributed by atoms with E-state index in [-0.39, 0.29) is 0 Å². The van der Waals surface area contributed by atoms with Crippen LogP contribution < -0.4 is 0 Å². The molecule has 3 aromatic rings. The van der Waals surface area contributed by atoms with Crippen molar-refractivity contribution in [3.63, 3.8) is 0 Å². The molecule has 3 heterocycles. The van der Waals surface area contributed by atoms with Crippen molar-refractivity contribution in [1.29, 1.82) is 0 Å². The molecule has 2 N–H and O–H groups in total. The molecule has 7 heteroatoms. The predicted octanol–water partition coefficient (Wildman–Crippen LogP) is 3.91. The molecule has 0 bridgehead atoms. The molecule has 1 fully saturated rings. The molecule has 2 aromatic heterocycles. The van der Waals surface area contributed by atoms with Gasteiger partial charge in [0.1, 0.15) is 12.9 Å². The zero-order chi connectivity index (χ0) is 19.5. The number of H-pyrrole nitrogens is 2. The van der Waals surface area contributed by atoms with Gasteiger partial charge in [-0.3, -0.25) is 15.1 Å². The fourth-order valence-electron chi connectivity index (χ4n) is 4.17. The first kappa shape index (κ1) is 18.1. The third-order valence-corrected chi connectivity index (χ3v) is 5.74. The van der Waals surface area contributed by atoms with Crippen molar-refractivity contribution >= 4 is 16.5 Å². The van der Waals surface area contributed by atoms with Crippen molar-refractivity contribution in [1.82, 2.24) is 30.3 Å². The van der Waals surface area contributed by atoms with Crippen molar-refractivity contribution < 1.29 is 4.74 Å². The van der Waals surface area contributed by atoms with Crippen molar-refractivity contribution in [2.24, 2.45) is 0 Å². The van der Waals surface area contributed by atoms with E-state index in [0.29, 0.717) is 0 Å². The lowest BCUT2D eigenvalue weighted by molar-refractivity contribution is 0.138. The Balaban J connectivity index is 1.32. The van der Waals surface area contributed by atoms with Crippen molar-refractivity contribution in [2.75, 3.05) is 26.2 Å². The van der Waals surface area contributed by atoms with E-state index in [1.165, 1.54) is 38.7 Å². The van der Waals surface area contributed by atoms with Gasteiger partial charge in [-0.05, 0) is 56.6 Å². The van der Waals surface area contributed by atoms with E-state index in [0.717, 1.165) is 65.3 Å². The number of piperidine rings is 1. The minimum atomic E-state index is 0.758. The molecule has 1 saturated heterocycles. The summed E-state index contributed by atoms with van der Waals surface area (Å²) in [5.74, 6) is 1.82. The highest BCUT2D eigenvalue weighted by Gasteiger charge is 2.16. The average Bonchev–Trinajstić information content (AvgIpc) is 3.44. The molecule has 5 rings (SSSR count). The average molecular weight is 390 g/mol. The highest BCUT2D eigenvalue weighted by Crippen LogP contribution is 2.31. The molecule has 1 aliphatic heterocycles. The SMILES string of the molecule is C1=C(OCCN2CCCCC2)CCC=C1c1n[nH]c2ccc(-c3ncn[nH]3)cc12. The second-order valence-corrected chi connectivity index (χ2v) is 7.73. The van der Waals surface area contributed by atoms with Crippen LogP contribution in [0.25, 0.3) is 27.9 Å². The molecule has 0 amide bonds. The van der Waals surface area contributed by atoms with Gasteiger partial charge in [0.2, 0.25) is 0 Å². The summed E-state index contributed by atoms with van der Waals surface area (Å²) in [5.41, 5.74) is 4.08. The Kier molecular flexibility index (Phi) is 5.13. The number of allylic oxidation sites excluding steroid dienone is 4. The van der Waals surface area contributed by atoms with E-state index in [1.807, 2.05) is 12.1 Å². The summed E-state index contributed by atoms with van der Waals surface area (Å²) in [4.78, 5) is 6.77. The Morgan fingerprint density at radius 3 is 2.90 bits per heavy atom. The van der Waals surface area contributed by atoms with Crippen molar-refractivity contribution in [3.05, 3.63) is 48.1 Å². The molecule has 1 aromatic carbocycles. The van der Waals surface area contributed by atoms with Crippen LogP contribution in [0.4, 0.5) is 0 Å². The van der Waals surface area contributed by atoms with E-state index >= 15 is 0 Å². The topological polar surface area (TPSA) is 82.7 Å². The van der Waals surface area contributed by atoms with Gasteiger partial charge in [0, 0.05) is 29.5 Å². The number of nitrogens with one attached hydrogen (secondary N) is 2. The van der Waals surface area contributed by atoms with E-state index < -0.39 is 0 Å². The maximum absolute atomic E-state index is 6.13. The van der Waals surface area contributed by atoms with Crippen LogP contribution in [0.2, 0.25) is 0 Å². The largest absolute Gasteiger partial charge is 0.497 e. The van der Waals surface area contributed by atoms with Gasteiger partial charge < -0.3 is 4.74 Å². The number of fused-ring (bicyclic) bond motifs is 1. The lowest BCUT2D eigenvalue weighted by atomic mass is 9.99. The van der Waals surface area contributed by atoms with Crippen LogP contribution in [-0.2, 0) is 4.74 Å². The monoisotopic (exact) mass is 390 g/mol. The third-order valence-electron chi connectivity index (χ3n) is 5.74. The standard InChI is InChI=1S/C22H26N6O/c1-2-9-28(10-3-1)11-12-29-18-6-4-5-16(13-18)21-19-14-17(22-23-15-24-27-22)7-8-20(19)25-26-21/h5,7-8,13-15H,1-4,6,9-12H2,(H,25,26)(H,23,24,27). The number of nitrogens with zero attached hydrogens (tertiary/aromatic N) is 4. The van der Waals surface area contributed by atoms with Gasteiger partial charge in [-0.25, -0.2) is 4.98 Å². The van der Waals surface area contributed by atoms with Gasteiger partial charge in [-0.15, -0.1) is 0 Å². The van der Waals surface area contributed by atoms with E-state index in [9.17, 15) is 0 Å². The molecule has 1 aliphatic carbocycles. The summed E-state index contributed by atoms with van der Waals surface area (Å²) >= 11 is 0. The van der Waals surface area contributed by atoms with Crippen molar-refractivity contribution in [2.45, 2.75) is 32.1 Å². The van der Waals surface area contributed by atoms with Crippen LogP contribution >= 0.6 is 0 Å². The van der Waals surface area contributed by atoms with E-state index in [4.69, 9.17) is 4.74 Å². The van der Waals surface area contributed by atoms with Crippen LogP contribution in [0.15, 0.2) is 42.4 Å². The van der Waals surface area contributed by atoms with Gasteiger partial charge >= 0.3 is 0 Å². The number of benzene rings is 1. The number of aromatic amines is 2. The quantitative estimate of drug-likeness (QED) is 0.667. The zero-order valence-electron chi connectivity index (χ0n) is 16.5. The Labute approximate surface area is 169 Å². The van der Waals surface area contributed by atoms with Crippen LogP contribution in [0.3, 0.4) is 0 Å². The lowest BCUT2D eigenvalue weighted by Crippen LogP contribution is -2.32. The second-order valence-electron chi connectivity index (χ2n) is 7.73. The zero-order valence-corrected chi connectivity index (χ0v) is 16.5. The summed E-state index contributed by atoms with van der Waals surface area (Å²) in [7, 11) is 0. The summed E-state index contributed by atoms with van der Waals surface area (Å²) in [6.45, 7) is 4.19. The molecule has 7 nitrogen and oxygen atoms in total. The molecule has 2 aliphatic rings. The summed E-state index contributed by atoms with van der Waals surface area (Å²) in [6, 6.07) is 6.16. The van der Waals surface area contributed by atoms with E-state index in [1.54, 1.807) is 0 Å². The predicted molar refractivity (Wildman–Crippen MR) is 113 cm³/mol. The number of aromatic nitrogens is 5. The maximum Gasteiger partial charge on any atom is 0.155 e. The Morgan fingerprint density at radius 2 is 2.03 bits per heavy atom. The van der Waals surface area contributed by atoms with Crippen LogP contribution in [-0.4, -0.2) is 56.5 Å². The van der Waals surface area contributed by atoms with Gasteiger partial charge in [0.25, 0.3) is 0 Å². The second kappa shape index (κ2) is 8.21. The first-order chi connectivity index (χ1) is 14.4.